The van der Waals surface area contributed by atoms with Gasteiger partial charge in [-0.25, -0.2) is 13.6 Å². The summed E-state index contributed by atoms with van der Waals surface area (Å²) in [6, 6.07) is 8.41. The Hall–Kier alpha value is -3.31. The Morgan fingerprint density at radius 2 is 1.87 bits per heavy atom. The van der Waals surface area contributed by atoms with Crippen molar-refractivity contribution in [1.29, 1.82) is 0 Å². The smallest absolute Gasteiger partial charge is 0.362 e. The van der Waals surface area contributed by atoms with Gasteiger partial charge < -0.3 is 8.92 Å². The summed E-state index contributed by atoms with van der Waals surface area (Å²) < 4.78 is 62.7. The van der Waals surface area contributed by atoms with Crippen molar-refractivity contribution in [2.75, 3.05) is 6.61 Å². The third kappa shape index (κ3) is 4.72. The number of rotatable bonds is 6. The van der Waals surface area contributed by atoms with E-state index in [2.05, 4.69) is 5.10 Å². The van der Waals surface area contributed by atoms with Crippen molar-refractivity contribution in [1.82, 2.24) is 9.78 Å². The van der Waals surface area contributed by atoms with Crippen LogP contribution in [0, 0.1) is 11.6 Å². The van der Waals surface area contributed by atoms with Crippen LogP contribution in [0.4, 0.5) is 8.78 Å². The van der Waals surface area contributed by atoms with Gasteiger partial charge in [-0.3, -0.25) is 4.79 Å². The normalized spacial score (nSPS) is 11.2. The van der Waals surface area contributed by atoms with Crippen molar-refractivity contribution >= 4 is 27.7 Å². The lowest BCUT2D eigenvalue weighted by molar-refractivity contribution is 0.0515. The summed E-state index contributed by atoms with van der Waals surface area (Å²) in [5.41, 5.74) is -1.50. The highest BCUT2D eigenvalue weighted by molar-refractivity contribution is 7.87. The SMILES string of the molecule is CCOC(=O)c1nn(-c2ccccc2Cl)c(=O)cc1OS(=O)(=O)c1cc(F)ccc1F. The minimum atomic E-state index is -4.98. The highest BCUT2D eigenvalue weighted by atomic mass is 35.5. The van der Waals surface area contributed by atoms with Gasteiger partial charge >= 0.3 is 16.1 Å². The second kappa shape index (κ2) is 8.82. The van der Waals surface area contributed by atoms with E-state index < -0.39 is 49.6 Å². The van der Waals surface area contributed by atoms with Crippen LogP contribution < -0.4 is 9.74 Å². The first-order chi connectivity index (χ1) is 14.6. The molecule has 12 heteroatoms. The number of benzene rings is 2. The Kier molecular flexibility index (Phi) is 6.37. The molecule has 0 aliphatic rings. The van der Waals surface area contributed by atoms with Gasteiger partial charge in [-0.15, -0.1) is 0 Å². The number of carbonyl (C=O) groups is 1. The average molecular weight is 471 g/mol. The van der Waals surface area contributed by atoms with Crippen molar-refractivity contribution in [2.24, 2.45) is 0 Å². The maximum absolute atomic E-state index is 13.9. The fraction of sp³-hybridized carbons (Fsp3) is 0.105. The van der Waals surface area contributed by atoms with Crippen LogP contribution in [0.15, 0.2) is 58.2 Å². The third-order valence-corrected chi connectivity index (χ3v) is 5.38. The zero-order valence-electron chi connectivity index (χ0n) is 15.7. The van der Waals surface area contributed by atoms with Gasteiger partial charge in [-0.1, -0.05) is 23.7 Å². The molecule has 162 valence electrons. The van der Waals surface area contributed by atoms with Crippen LogP contribution in [-0.4, -0.2) is 30.8 Å². The number of esters is 1. The van der Waals surface area contributed by atoms with E-state index in [4.69, 9.17) is 20.5 Å². The van der Waals surface area contributed by atoms with Crippen molar-refractivity contribution in [3.05, 3.63) is 81.2 Å². The molecule has 0 bridgehead atoms. The van der Waals surface area contributed by atoms with Gasteiger partial charge in [0.25, 0.3) is 5.56 Å². The van der Waals surface area contributed by atoms with E-state index in [0.717, 1.165) is 4.68 Å². The molecule has 0 unspecified atom stereocenters. The molecule has 0 saturated heterocycles. The van der Waals surface area contributed by atoms with Gasteiger partial charge in [0.2, 0.25) is 5.69 Å². The molecule has 0 N–H and O–H groups in total. The molecule has 8 nitrogen and oxygen atoms in total. The maximum Gasteiger partial charge on any atom is 0.362 e. The van der Waals surface area contributed by atoms with Gasteiger partial charge in [0.1, 0.15) is 16.5 Å². The lowest BCUT2D eigenvalue weighted by Crippen LogP contribution is -2.26. The summed E-state index contributed by atoms with van der Waals surface area (Å²) in [7, 11) is -4.98. The molecule has 0 aliphatic carbocycles. The first-order valence-electron chi connectivity index (χ1n) is 8.60. The minimum Gasteiger partial charge on any atom is -0.461 e. The molecular weight excluding hydrogens is 458 g/mol. The molecule has 0 spiro atoms. The number of hydrogen-bond acceptors (Lipinski definition) is 7. The molecule has 0 fully saturated rings. The number of hydrogen-bond donors (Lipinski definition) is 0. The Morgan fingerprint density at radius 1 is 1.16 bits per heavy atom. The lowest BCUT2D eigenvalue weighted by atomic mass is 10.3. The zero-order valence-corrected chi connectivity index (χ0v) is 17.3. The van der Waals surface area contributed by atoms with E-state index in [1.807, 2.05) is 0 Å². The van der Waals surface area contributed by atoms with E-state index >= 15 is 0 Å². The van der Waals surface area contributed by atoms with Gasteiger partial charge in [-0.2, -0.15) is 18.2 Å². The minimum absolute atomic E-state index is 0.101. The summed E-state index contributed by atoms with van der Waals surface area (Å²) in [6.45, 7) is 1.39. The van der Waals surface area contributed by atoms with Crippen LogP contribution in [-0.2, 0) is 14.9 Å². The first kappa shape index (κ1) is 22.4. The average Bonchev–Trinajstić information content (AvgIpc) is 2.70. The molecule has 3 rings (SSSR count). The number of para-hydroxylation sites is 1. The zero-order chi connectivity index (χ0) is 22.8. The van der Waals surface area contributed by atoms with Crippen molar-refractivity contribution < 1.29 is 30.9 Å². The fourth-order valence-electron chi connectivity index (χ4n) is 2.47. The van der Waals surface area contributed by atoms with Crippen LogP contribution in [0.3, 0.4) is 0 Å². The summed E-state index contributed by atoms with van der Waals surface area (Å²) in [4.78, 5) is 23.8. The van der Waals surface area contributed by atoms with E-state index in [-0.39, 0.29) is 17.3 Å². The van der Waals surface area contributed by atoms with E-state index in [0.29, 0.717) is 24.3 Å². The fourth-order valence-corrected chi connectivity index (χ4v) is 3.71. The molecular formula is C19H13ClF2N2O6S. The topological polar surface area (TPSA) is 105 Å². The molecule has 3 aromatic rings. The molecule has 0 saturated carbocycles. The van der Waals surface area contributed by atoms with Gasteiger partial charge in [0.05, 0.1) is 23.4 Å². The highest BCUT2D eigenvalue weighted by Crippen LogP contribution is 2.25. The third-order valence-electron chi connectivity index (χ3n) is 3.81. The maximum atomic E-state index is 13.9. The number of nitrogens with zero attached hydrogens (tertiary/aromatic N) is 2. The summed E-state index contributed by atoms with van der Waals surface area (Å²) >= 11 is 6.06. The standard InChI is InChI=1S/C19H13ClF2N2O6S/c1-2-29-19(26)18-15(30-31(27,28)16-9-11(21)7-8-13(16)22)10-17(25)24(23-18)14-6-4-3-5-12(14)20/h3-10H,2H2,1H3. The lowest BCUT2D eigenvalue weighted by Gasteiger charge is -2.13. The Balaban J connectivity index is 2.17. The number of ether oxygens (including phenoxy) is 1. The van der Waals surface area contributed by atoms with Gasteiger partial charge in [0.15, 0.2) is 5.75 Å². The van der Waals surface area contributed by atoms with Crippen molar-refractivity contribution in [3.63, 3.8) is 0 Å². The van der Waals surface area contributed by atoms with E-state index in [9.17, 15) is 26.8 Å². The molecule has 1 aromatic heterocycles. The van der Waals surface area contributed by atoms with Gasteiger partial charge in [-0.05, 0) is 37.3 Å². The molecule has 0 aliphatic heterocycles. The Bertz CT molecular complexity index is 1330. The first-order valence-corrected chi connectivity index (χ1v) is 10.4. The van der Waals surface area contributed by atoms with Gasteiger partial charge in [0, 0.05) is 0 Å². The van der Waals surface area contributed by atoms with Crippen molar-refractivity contribution in [3.8, 4) is 11.4 Å². The molecule has 1 heterocycles. The Morgan fingerprint density at radius 3 is 2.55 bits per heavy atom. The monoisotopic (exact) mass is 470 g/mol. The largest absolute Gasteiger partial charge is 0.461 e. The molecule has 0 amide bonds. The summed E-state index contributed by atoms with van der Waals surface area (Å²) in [6.07, 6.45) is 0. The van der Waals surface area contributed by atoms with Crippen LogP contribution in [0.25, 0.3) is 5.69 Å². The quantitative estimate of drug-likeness (QED) is 0.402. The number of aromatic nitrogens is 2. The van der Waals surface area contributed by atoms with E-state index in [1.54, 1.807) is 12.1 Å². The predicted octanol–water partition coefficient (Wildman–Crippen LogP) is 3.11. The summed E-state index contributed by atoms with van der Waals surface area (Å²) in [5, 5.41) is 3.95. The number of halogens is 3. The second-order valence-corrected chi connectivity index (χ2v) is 7.81. The Labute approximate surface area is 179 Å². The molecule has 0 radical (unpaired) electrons. The second-order valence-electron chi connectivity index (χ2n) is 5.89. The highest BCUT2D eigenvalue weighted by Gasteiger charge is 2.28. The van der Waals surface area contributed by atoms with Crippen molar-refractivity contribution in [2.45, 2.75) is 11.8 Å². The molecule has 2 aromatic carbocycles. The molecule has 31 heavy (non-hydrogen) atoms. The van der Waals surface area contributed by atoms with Crippen LogP contribution in [0.2, 0.25) is 5.02 Å². The number of carbonyl (C=O) groups excluding carboxylic acids is 1. The van der Waals surface area contributed by atoms with E-state index in [1.165, 1.54) is 19.1 Å². The van der Waals surface area contributed by atoms with Crippen LogP contribution in [0.5, 0.6) is 5.75 Å². The van der Waals surface area contributed by atoms with Crippen LogP contribution >= 0.6 is 11.6 Å². The molecule has 0 atom stereocenters. The predicted molar refractivity (Wildman–Crippen MR) is 105 cm³/mol. The summed E-state index contributed by atoms with van der Waals surface area (Å²) in [5.74, 6) is -4.28. The van der Waals surface area contributed by atoms with Crippen LogP contribution in [0.1, 0.15) is 17.4 Å².